The van der Waals surface area contributed by atoms with Crippen molar-refractivity contribution in [1.29, 1.82) is 0 Å². The lowest BCUT2D eigenvalue weighted by Crippen LogP contribution is -2.32. The molecule has 0 saturated heterocycles. The monoisotopic (exact) mass is 224 g/mol. The van der Waals surface area contributed by atoms with E-state index in [-0.39, 0.29) is 10.6 Å². The van der Waals surface area contributed by atoms with Crippen molar-refractivity contribution in [2.24, 2.45) is 0 Å². The highest BCUT2D eigenvalue weighted by molar-refractivity contribution is 6.62. The van der Waals surface area contributed by atoms with Crippen LogP contribution in [0, 0.1) is 0 Å². The van der Waals surface area contributed by atoms with Gasteiger partial charge in [-0.05, 0) is 6.07 Å². The molecule has 0 radical (unpaired) electrons. The summed E-state index contributed by atoms with van der Waals surface area (Å²) < 4.78 is 4.86. The average molecular weight is 224 g/mol. The Hall–Kier alpha value is -1.37. The van der Waals surface area contributed by atoms with Gasteiger partial charge in [0.2, 0.25) is 0 Å². The van der Waals surface area contributed by atoms with E-state index in [1.807, 2.05) is 0 Å². The third kappa shape index (κ3) is 2.01. The molecule has 0 bridgehead atoms. The van der Waals surface area contributed by atoms with E-state index >= 15 is 0 Å². The Kier molecular flexibility index (Phi) is 2.72. The standard InChI is InChI=1S/C8H6BClN2O3/c10-7-6(9(13)14)3-11-8(12-7)5-1-2-15-4-5/h1-4,13-14H. The summed E-state index contributed by atoms with van der Waals surface area (Å²) in [4.78, 5) is 7.84. The Labute approximate surface area is 90.5 Å². The molecule has 0 fully saturated rings. The predicted octanol–water partition coefficient (Wildman–Crippen LogP) is 0.0698. The second-order valence-corrected chi connectivity index (χ2v) is 3.18. The normalized spacial score (nSPS) is 10.3. The average Bonchev–Trinajstić information content (AvgIpc) is 2.69. The summed E-state index contributed by atoms with van der Waals surface area (Å²) in [5.41, 5.74) is 0.750. The van der Waals surface area contributed by atoms with E-state index in [1.54, 1.807) is 6.07 Å². The fraction of sp³-hybridized carbons (Fsp3) is 0. The van der Waals surface area contributed by atoms with Gasteiger partial charge in [0, 0.05) is 11.7 Å². The van der Waals surface area contributed by atoms with E-state index in [2.05, 4.69) is 9.97 Å². The zero-order valence-corrected chi connectivity index (χ0v) is 8.22. The summed E-state index contributed by atoms with van der Waals surface area (Å²) in [6.07, 6.45) is 4.23. The third-order valence-corrected chi connectivity index (χ3v) is 2.13. The number of nitrogens with zero attached hydrogens (tertiary/aromatic N) is 2. The zero-order valence-electron chi connectivity index (χ0n) is 7.46. The fourth-order valence-corrected chi connectivity index (χ4v) is 1.30. The van der Waals surface area contributed by atoms with Gasteiger partial charge in [0.15, 0.2) is 5.82 Å². The Balaban J connectivity index is 2.42. The molecule has 2 N–H and O–H groups in total. The molecule has 2 aromatic heterocycles. The van der Waals surface area contributed by atoms with Crippen LogP contribution in [0.4, 0.5) is 0 Å². The smallest absolute Gasteiger partial charge is 0.472 e. The van der Waals surface area contributed by atoms with Gasteiger partial charge >= 0.3 is 7.12 Å². The number of furan rings is 1. The second-order valence-electron chi connectivity index (χ2n) is 2.83. The van der Waals surface area contributed by atoms with Crippen LogP contribution in [0.15, 0.2) is 29.2 Å². The van der Waals surface area contributed by atoms with Crippen molar-refractivity contribution < 1.29 is 14.5 Å². The molecule has 0 spiro atoms. The molecule has 0 aliphatic rings. The number of hydrogen-bond donors (Lipinski definition) is 2. The van der Waals surface area contributed by atoms with Crippen LogP contribution in [-0.4, -0.2) is 27.1 Å². The summed E-state index contributed by atoms with van der Waals surface area (Å²) in [6, 6.07) is 1.68. The summed E-state index contributed by atoms with van der Waals surface area (Å²) in [5.74, 6) is 0.373. The number of hydrogen-bond acceptors (Lipinski definition) is 5. The summed E-state index contributed by atoms with van der Waals surface area (Å²) in [5, 5.41) is 17.8. The van der Waals surface area contributed by atoms with Crippen LogP contribution in [0.2, 0.25) is 5.15 Å². The van der Waals surface area contributed by atoms with Crippen molar-refractivity contribution in [2.45, 2.75) is 0 Å². The van der Waals surface area contributed by atoms with Gasteiger partial charge < -0.3 is 14.5 Å². The Morgan fingerprint density at radius 2 is 2.20 bits per heavy atom. The van der Waals surface area contributed by atoms with Crippen molar-refractivity contribution in [3.05, 3.63) is 29.9 Å². The highest BCUT2D eigenvalue weighted by atomic mass is 35.5. The summed E-state index contributed by atoms with van der Waals surface area (Å²) >= 11 is 5.74. The molecular formula is C8H6BClN2O3. The lowest BCUT2D eigenvalue weighted by molar-refractivity contribution is 0.425. The van der Waals surface area contributed by atoms with Crippen LogP contribution in [-0.2, 0) is 0 Å². The Morgan fingerprint density at radius 3 is 2.73 bits per heavy atom. The van der Waals surface area contributed by atoms with Crippen LogP contribution in [0.5, 0.6) is 0 Å². The van der Waals surface area contributed by atoms with Gasteiger partial charge in [0.1, 0.15) is 11.4 Å². The number of aromatic nitrogens is 2. The van der Waals surface area contributed by atoms with Crippen LogP contribution in [0.3, 0.4) is 0 Å². The maximum atomic E-state index is 8.90. The molecule has 5 nitrogen and oxygen atoms in total. The lowest BCUT2D eigenvalue weighted by atomic mass is 9.83. The Morgan fingerprint density at radius 1 is 1.40 bits per heavy atom. The van der Waals surface area contributed by atoms with Crippen LogP contribution < -0.4 is 5.46 Å². The molecule has 0 amide bonds. The molecule has 0 aliphatic heterocycles. The van der Waals surface area contributed by atoms with Gasteiger partial charge in [0.05, 0.1) is 11.8 Å². The van der Waals surface area contributed by atoms with Gasteiger partial charge in [0.25, 0.3) is 0 Å². The molecule has 0 aliphatic carbocycles. The zero-order chi connectivity index (χ0) is 10.8. The van der Waals surface area contributed by atoms with Crippen molar-refractivity contribution in [3.63, 3.8) is 0 Å². The van der Waals surface area contributed by atoms with Crippen molar-refractivity contribution in [1.82, 2.24) is 9.97 Å². The van der Waals surface area contributed by atoms with E-state index < -0.39 is 7.12 Å². The van der Waals surface area contributed by atoms with Gasteiger partial charge in [-0.1, -0.05) is 11.6 Å². The number of halogens is 1. The second kappa shape index (κ2) is 4.02. The highest BCUT2D eigenvalue weighted by Crippen LogP contribution is 2.15. The molecule has 0 atom stereocenters. The van der Waals surface area contributed by atoms with E-state index in [9.17, 15) is 0 Å². The van der Waals surface area contributed by atoms with Gasteiger partial charge in [-0.2, -0.15) is 0 Å². The fourth-order valence-electron chi connectivity index (χ4n) is 1.07. The van der Waals surface area contributed by atoms with Crippen LogP contribution in [0.1, 0.15) is 0 Å². The maximum Gasteiger partial charge on any atom is 0.493 e. The molecule has 7 heteroatoms. The molecule has 2 rings (SSSR count). The minimum absolute atomic E-state index is 0.0104. The molecule has 2 heterocycles. The van der Waals surface area contributed by atoms with Gasteiger partial charge in [-0.3, -0.25) is 0 Å². The topological polar surface area (TPSA) is 79.4 Å². The van der Waals surface area contributed by atoms with Crippen LogP contribution in [0.25, 0.3) is 11.4 Å². The van der Waals surface area contributed by atoms with Gasteiger partial charge in [-0.15, -0.1) is 0 Å². The van der Waals surface area contributed by atoms with E-state index in [0.29, 0.717) is 11.4 Å². The van der Waals surface area contributed by atoms with E-state index in [0.717, 1.165) is 0 Å². The first-order valence-electron chi connectivity index (χ1n) is 4.09. The molecule has 0 saturated carbocycles. The van der Waals surface area contributed by atoms with Crippen LogP contribution >= 0.6 is 11.6 Å². The molecule has 0 unspecified atom stereocenters. The van der Waals surface area contributed by atoms with Crippen molar-refractivity contribution >= 4 is 24.2 Å². The SMILES string of the molecule is OB(O)c1cnc(-c2ccoc2)nc1Cl. The minimum Gasteiger partial charge on any atom is -0.472 e. The first kappa shape index (κ1) is 10.2. The quantitative estimate of drug-likeness (QED) is 0.557. The molecular weight excluding hydrogens is 218 g/mol. The van der Waals surface area contributed by atoms with E-state index in [1.165, 1.54) is 18.7 Å². The predicted molar refractivity (Wildman–Crippen MR) is 54.6 cm³/mol. The van der Waals surface area contributed by atoms with Crippen molar-refractivity contribution in [3.8, 4) is 11.4 Å². The lowest BCUT2D eigenvalue weighted by Gasteiger charge is -2.02. The summed E-state index contributed by atoms with van der Waals surface area (Å²) in [7, 11) is -1.67. The molecule has 15 heavy (non-hydrogen) atoms. The highest BCUT2D eigenvalue weighted by Gasteiger charge is 2.17. The third-order valence-electron chi connectivity index (χ3n) is 1.83. The minimum atomic E-state index is -1.67. The largest absolute Gasteiger partial charge is 0.493 e. The van der Waals surface area contributed by atoms with E-state index in [4.69, 9.17) is 26.1 Å². The molecule has 0 aromatic carbocycles. The molecule has 2 aromatic rings. The first-order valence-corrected chi connectivity index (χ1v) is 4.47. The number of rotatable bonds is 2. The van der Waals surface area contributed by atoms with Crippen molar-refractivity contribution in [2.75, 3.05) is 0 Å². The van der Waals surface area contributed by atoms with Gasteiger partial charge in [-0.25, -0.2) is 9.97 Å². The Bertz CT molecular complexity index is 461. The maximum absolute atomic E-state index is 8.90. The molecule has 76 valence electrons. The summed E-state index contributed by atoms with van der Waals surface area (Å²) in [6.45, 7) is 0. The first-order chi connectivity index (χ1) is 7.18.